The number of hydrogen-bond acceptors (Lipinski definition) is 5. The predicted octanol–water partition coefficient (Wildman–Crippen LogP) is 3.89. The number of carboxylic acids is 1. The van der Waals surface area contributed by atoms with Crippen LogP contribution in [-0.4, -0.2) is 34.6 Å². The van der Waals surface area contributed by atoms with E-state index >= 15 is 0 Å². The highest BCUT2D eigenvalue weighted by Crippen LogP contribution is 2.39. The summed E-state index contributed by atoms with van der Waals surface area (Å²) in [6.07, 6.45) is 0. The van der Waals surface area contributed by atoms with Gasteiger partial charge in [-0.15, -0.1) is 0 Å². The number of amides is 4. The molecule has 0 saturated carbocycles. The number of carbonyl (C=O) groups is 3. The quantitative estimate of drug-likeness (QED) is 0.675. The van der Waals surface area contributed by atoms with Crippen LogP contribution in [0.5, 0.6) is 0 Å². The molecule has 154 valence electrons. The van der Waals surface area contributed by atoms with Crippen LogP contribution in [0.4, 0.5) is 9.59 Å². The Bertz CT molecular complexity index is 1100. The van der Waals surface area contributed by atoms with Crippen molar-refractivity contribution in [2.24, 2.45) is 0 Å². The number of nitrogens with zero attached hydrogens (tertiary/aromatic N) is 2. The molecule has 0 fully saturated rings. The van der Waals surface area contributed by atoms with Crippen molar-refractivity contribution >= 4 is 29.6 Å². The molecule has 1 aliphatic heterocycles. The fourth-order valence-electron chi connectivity index (χ4n) is 3.11. The second-order valence-corrected chi connectivity index (χ2v) is 6.83. The van der Waals surface area contributed by atoms with Crippen molar-refractivity contribution in [3.05, 3.63) is 57.9 Å². The zero-order valence-electron chi connectivity index (χ0n) is 16.0. The van der Waals surface area contributed by atoms with E-state index in [0.29, 0.717) is 10.6 Å². The number of carboxylic acid groups (broad SMARTS) is 1. The standard InChI is InChI=1S/C20H17ClN4O5/c1-3-23-19(28)25-16(14(9-22)10(2)24-20(25)29)17-13(18(26)27)8-15(30-17)11-4-6-12(21)7-5-11/h4-8,16H,3H2,1-2H3,(H,23,28)(H,24,29)(H,26,27). The van der Waals surface area contributed by atoms with Gasteiger partial charge in [0.1, 0.15) is 23.1 Å². The summed E-state index contributed by atoms with van der Waals surface area (Å²) in [7, 11) is 0. The number of urea groups is 2. The Labute approximate surface area is 176 Å². The smallest absolute Gasteiger partial charge is 0.339 e. The lowest BCUT2D eigenvalue weighted by Crippen LogP contribution is -2.53. The lowest BCUT2D eigenvalue weighted by molar-refractivity contribution is 0.0691. The van der Waals surface area contributed by atoms with Gasteiger partial charge in [0.2, 0.25) is 0 Å². The normalized spacial score (nSPS) is 16.1. The molecule has 3 N–H and O–H groups in total. The molecule has 0 bridgehead atoms. The number of rotatable bonds is 4. The Morgan fingerprint density at radius 1 is 1.37 bits per heavy atom. The Balaban J connectivity index is 2.22. The van der Waals surface area contributed by atoms with E-state index in [2.05, 4.69) is 10.6 Å². The minimum Gasteiger partial charge on any atom is -0.478 e. The van der Waals surface area contributed by atoms with Crippen molar-refractivity contribution in [1.82, 2.24) is 15.5 Å². The van der Waals surface area contributed by atoms with Crippen LogP contribution in [0.3, 0.4) is 0 Å². The number of carbonyl (C=O) groups excluding carboxylic acids is 2. The molecule has 0 saturated heterocycles. The topological polar surface area (TPSA) is 136 Å². The summed E-state index contributed by atoms with van der Waals surface area (Å²) >= 11 is 5.90. The molecule has 9 nitrogen and oxygen atoms in total. The van der Waals surface area contributed by atoms with Gasteiger partial charge in [0.05, 0.1) is 11.6 Å². The van der Waals surface area contributed by atoms with Gasteiger partial charge in [0.15, 0.2) is 0 Å². The van der Waals surface area contributed by atoms with Gasteiger partial charge >= 0.3 is 18.0 Å². The van der Waals surface area contributed by atoms with Gasteiger partial charge in [0.25, 0.3) is 0 Å². The summed E-state index contributed by atoms with van der Waals surface area (Å²) in [4.78, 5) is 37.8. The second kappa shape index (κ2) is 8.31. The number of hydrogen-bond donors (Lipinski definition) is 3. The average molecular weight is 429 g/mol. The predicted molar refractivity (Wildman–Crippen MR) is 107 cm³/mol. The third-order valence-corrected chi connectivity index (χ3v) is 4.74. The first-order valence-corrected chi connectivity index (χ1v) is 9.28. The molecule has 30 heavy (non-hydrogen) atoms. The minimum atomic E-state index is -1.34. The summed E-state index contributed by atoms with van der Waals surface area (Å²) in [5, 5.41) is 24.8. The van der Waals surface area contributed by atoms with Gasteiger partial charge in [0, 0.05) is 22.8 Å². The van der Waals surface area contributed by atoms with Gasteiger partial charge in [-0.1, -0.05) is 11.6 Å². The zero-order chi connectivity index (χ0) is 22.0. The van der Waals surface area contributed by atoms with Gasteiger partial charge in [-0.2, -0.15) is 5.26 Å². The van der Waals surface area contributed by atoms with E-state index in [0.717, 1.165) is 4.90 Å². The summed E-state index contributed by atoms with van der Waals surface area (Å²) in [5.41, 5.74) is 0.459. The number of benzene rings is 1. The van der Waals surface area contributed by atoms with E-state index < -0.39 is 24.1 Å². The molecule has 1 aromatic carbocycles. The number of allylic oxidation sites excluding steroid dienone is 1. The number of nitriles is 1. The summed E-state index contributed by atoms with van der Waals surface area (Å²) in [6.45, 7) is 3.37. The molecule has 0 aliphatic carbocycles. The van der Waals surface area contributed by atoms with Crippen LogP contribution in [0.1, 0.15) is 36.0 Å². The molecule has 0 spiro atoms. The minimum absolute atomic E-state index is 0.0136. The largest absolute Gasteiger partial charge is 0.478 e. The van der Waals surface area contributed by atoms with Gasteiger partial charge in [-0.25, -0.2) is 19.3 Å². The lowest BCUT2D eigenvalue weighted by atomic mass is 9.97. The first-order chi connectivity index (χ1) is 14.3. The first kappa shape index (κ1) is 21.0. The summed E-state index contributed by atoms with van der Waals surface area (Å²) in [5.74, 6) is -1.34. The van der Waals surface area contributed by atoms with Crippen LogP contribution < -0.4 is 10.6 Å². The molecule has 2 heterocycles. The molecule has 2 aromatic rings. The van der Waals surface area contributed by atoms with E-state index in [9.17, 15) is 24.8 Å². The molecule has 1 aliphatic rings. The molecule has 1 atom stereocenters. The maximum Gasteiger partial charge on any atom is 0.339 e. The Morgan fingerprint density at radius 2 is 2.03 bits per heavy atom. The van der Waals surface area contributed by atoms with Gasteiger partial charge in [-0.05, 0) is 44.2 Å². The fraction of sp³-hybridized carbons (Fsp3) is 0.200. The van der Waals surface area contributed by atoms with Gasteiger partial charge in [-0.3, -0.25) is 0 Å². The van der Waals surface area contributed by atoms with Crippen molar-refractivity contribution in [3.63, 3.8) is 0 Å². The monoisotopic (exact) mass is 428 g/mol. The third-order valence-electron chi connectivity index (χ3n) is 4.48. The van der Waals surface area contributed by atoms with Crippen molar-refractivity contribution in [2.75, 3.05) is 6.54 Å². The molecule has 1 aromatic heterocycles. The van der Waals surface area contributed by atoms with Crippen LogP contribution in [-0.2, 0) is 0 Å². The van der Waals surface area contributed by atoms with E-state index in [4.69, 9.17) is 16.0 Å². The van der Waals surface area contributed by atoms with Crippen molar-refractivity contribution in [1.29, 1.82) is 5.26 Å². The molecule has 0 radical (unpaired) electrons. The molecule has 1 unspecified atom stereocenters. The molecular formula is C20H17ClN4O5. The van der Waals surface area contributed by atoms with Crippen LogP contribution >= 0.6 is 11.6 Å². The van der Waals surface area contributed by atoms with Crippen LogP contribution in [0.25, 0.3) is 11.3 Å². The number of furan rings is 1. The highest BCUT2D eigenvalue weighted by molar-refractivity contribution is 6.30. The Hall–Kier alpha value is -3.77. The number of aromatic carboxylic acids is 1. The third kappa shape index (κ3) is 3.73. The average Bonchev–Trinajstić information content (AvgIpc) is 3.13. The zero-order valence-corrected chi connectivity index (χ0v) is 16.8. The highest BCUT2D eigenvalue weighted by Gasteiger charge is 2.43. The number of halogens is 1. The van der Waals surface area contributed by atoms with Crippen molar-refractivity contribution in [3.8, 4) is 17.4 Å². The maximum absolute atomic E-state index is 12.6. The van der Waals surface area contributed by atoms with Gasteiger partial charge < -0.3 is 20.2 Å². The number of imide groups is 1. The van der Waals surface area contributed by atoms with E-state index in [-0.39, 0.29) is 34.9 Å². The Kier molecular flexibility index (Phi) is 5.80. The van der Waals surface area contributed by atoms with Crippen molar-refractivity contribution in [2.45, 2.75) is 19.9 Å². The van der Waals surface area contributed by atoms with Crippen molar-refractivity contribution < 1.29 is 23.9 Å². The summed E-state index contributed by atoms with van der Waals surface area (Å²) in [6, 6.07) is 6.79. The summed E-state index contributed by atoms with van der Waals surface area (Å²) < 4.78 is 5.82. The second-order valence-electron chi connectivity index (χ2n) is 6.39. The van der Waals surface area contributed by atoms with Crippen LogP contribution in [0.15, 0.2) is 46.0 Å². The number of nitrogens with one attached hydrogen (secondary N) is 2. The first-order valence-electron chi connectivity index (χ1n) is 8.90. The van der Waals surface area contributed by atoms with E-state index in [1.54, 1.807) is 31.2 Å². The fourth-order valence-corrected chi connectivity index (χ4v) is 3.24. The lowest BCUT2D eigenvalue weighted by Gasteiger charge is -2.33. The van der Waals surface area contributed by atoms with E-state index in [1.807, 2.05) is 6.07 Å². The maximum atomic E-state index is 12.6. The highest BCUT2D eigenvalue weighted by atomic mass is 35.5. The van der Waals surface area contributed by atoms with E-state index in [1.165, 1.54) is 13.0 Å². The molecule has 3 rings (SSSR count). The molecule has 10 heteroatoms. The Morgan fingerprint density at radius 3 is 2.60 bits per heavy atom. The molecular weight excluding hydrogens is 412 g/mol. The SMILES string of the molecule is CCNC(=O)N1C(=O)NC(C)=C(C#N)C1c1oc(-c2ccc(Cl)cc2)cc1C(=O)O. The van der Waals surface area contributed by atoms with Crippen LogP contribution in [0.2, 0.25) is 5.02 Å². The molecule has 4 amide bonds. The van der Waals surface area contributed by atoms with Crippen LogP contribution in [0, 0.1) is 11.3 Å².